The Kier molecular flexibility index (Phi) is 61.3. The minimum absolute atomic E-state index is 0.582. The number of aliphatic carboxylic acids is 1. The van der Waals surface area contributed by atoms with Crippen molar-refractivity contribution in [2.24, 2.45) is 11.8 Å². The lowest BCUT2D eigenvalue weighted by molar-refractivity contribution is -0.146. The first-order chi connectivity index (χ1) is 39.0. The molecule has 5 atom stereocenters. The van der Waals surface area contributed by atoms with E-state index in [4.69, 9.17) is 4.74 Å². The average Bonchev–Trinajstić information content (AvgIpc) is 4.29. The lowest BCUT2D eigenvalue weighted by Gasteiger charge is -2.19. The van der Waals surface area contributed by atoms with Gasteiger partial charge >= 0.3 is 5.97 Å². The predicted molar refractivity (Wildman–Crippen MR) is 351 cm³/mol. The highest BCUT2D eigenvalue weighted by Crippen LogP contribution is 2.36. The molecule has 0 saturated carbocycles. The summed E-state index contributed by atoms with van der Waals surface area (Å²) in [6.45, 7) is 7.06. The van der Waals surface area contributed by atoms with Gasteiger partial charge in [-0.05, 0) is 31.6 Å². The van der Waals surface area contributed by atoms with E-state index in [-0.39, 0.29) is 0 Å². The summed E-state index contributed by atoms with van der Waals surface area (Å²) in [6, 6.07) is 0. The second-order valence-electron chi connectivity index (χ2n) is 27.0. The van der Waals surface area contributed by atoms with Crippen molar-refractivity contribution < 1.29 is 19.7 Å². The summed E-state index contributed by atoms with van der Waals surface area (Å²) >= 11 is 0. The summed E-state index contributed by atoms with van der Waals surface area (Å²) in [5.74, 6) is -0.614. The van der Waals surface area contributed by atoms with E-state index in [0.717, 1.165) is 31.6 Å². The van der Waals surface area contributed by atoms with E-state index in [1.54, 1.807) is 0 Å². The van der Waals surface area contributed by atoms with Crippen molar-refractivity contribution in [2.45, 2.75) is 463 Å². The zero-order valence-corrected chi connectivity index (χ0v) is 54.8. The van der Waals surface area contributed by atoms with Crippen LogP contribution in [0.5, 0.6) is 0 Å². The zero-order chi connectivity index (χ0) is 56.8. The summed E-state index contributed by atoms with van der Waals surface area (Å²) in [4.78, 5) is 11.9. The largest absolute Gasteiger partial charge is 0.481 e. The van der Waals surface area contributed by atoms with E-state index in [9.17, 15) is 15.0 Å². The fourth-order valence-electron chi connectivity index (χ4n) is 13.3. The van der Waals surface area contributed by atoms with Crippen LogP contribution in [0.1, 0.15) is 445 Å². The highest BCUT2D eigenvalue weighted by atomic mass is 16.6. The normalized spacial score (nSPS) is 15.5. The summed E-state index contributed by atoms with van der Waals surface area (Å²) in [6.07, 6.45) is 90.8. The van der Waals surface area contributed by atoms with Gasteiger partial charge in [-0.1, -0.05) is 419 Å². The number of aliphatic hydroxyl groups excluding tert-OH is 1. The SMILES string of the molecule is CCCCCCCCCCCCCCCCCCCCCCC(C(=O)O)C(O)CCCCCCCCCCCCCCCCCCCCCCCCCCCCC1OC1C(C)CCCCCCCCCCCCCCCCCC. The number of hydrogen-bond acceptors (Lipinski definition) is 3. The number of carboxylic acids is 1. The van der Waals surface area contributed by atoms with Gasteiger partial charge in [0.25, 0.3) is 0 Å². The Bertz CT molecular complexity index is 1160. The van der Waals surface area contributed by atoms with Gasteiger partial charge in [0.1, 0.15) is 0 Å². The van der Waals surface area contributed by atoms with E-state index >= 15 is 0 Å². The molecule has 79 heavy (non-hydrogen) atoms. The molecule has 1 heterocycles. The van der Waals surface area contributed by atoms with Crippen molar-refractivity contribution >= 4 is 5.97 Å². The molecule has 4 nitrogen and oxygen atoms in total. The van der Waals surface area contributed by atoms with Gasteiger partial charge in [0, 0.05) is 0 Å². The van der Waals surface area contributed by atoms with Gasteiger partial charge in [0.2, 0.25) is 0 Å². The summed E-state index contributed by atoms with van der Waals surface area (Å²) < 4.78 is 6.14. The van der Waals surface area contributed by atoms with Crippen molar-refractivity contribution in [2.75, 3.05) is 0 Å². The summed E-state index contributed by atoms with van der Waals surface area (Å²) in [5, 5.41) is 20.5. The van der Waals surface area contributed by atoms with E-state index in [1.807, 2.05) is 0 Å². The van der Waals surface area contributed by atoms with E-state index in [2.05, 4.69) is 20.8 Å². The minimum atomic E-state index is -0.800. The van der Waals surface area contributed by atoms with Crippen LogP contribution in [0, 0.1) is 11.8 Å². The van der Waals surface area contributed by atoms with Crippen LogP contribution in [-0.2, 0) is 9.53 Å². The lowest BCUT2D eigenvalue weighted by Crippen LogP contribution is -2.28. The quantitative estimate of drug-likeness (QED) is 0.0470. The first-order valence-electron chi connectivity index (χ1n) is 37.6. The van der Waals surface area contributed by atoms with Gasteiger partial charge in [-0.3, -0.25) is 4.79 Å². The number of carbonyl (C=O) groups is 1. The number of unbranched alkanes of at least 4 members (excludes halogenated alkanes) is 59. The molecule has 4 heteroatoms. The molecule has 0 radical (unpaired) electrons. The number of epoxide rings is 1. The van der Waals surface area contributed by atoms with Crippen molar-refractivity contribution in [3.63, 3.8) is 0 Å². The topological polar surface area (TPSA) is 70.1 Å². The second kappa shape index (κ2) is 63.4. The Hall–Kier alpha value is -0.610. The molecule has 0 aromatic carbocycles. The number of rotatable bonds is 70. The van der Waals surface area contributed by atoms with Crippen molar-refractivity contribution in [1.82, 2.24) is 0 Å². The minimum Gasteiger partial charge on any atom is -0.481 e. The van der Waals surface area contributed by atoms with Crippen LogP contribution in [0.2, 0.25) is 0 Å². The molecule has 2 N–H and O–H groups in total. The molecular formula is C75H148O4. The number of carboxylic acid groups (broad SMARTS) is 1. The molecule has 0 aliphatic carbocycles. The number of aliphatic hydroxyl groups is 1. The molecule has 1 fully saturated rings. The Balaban J connectivity index is 1.73. The summed E-state index contributed by atoms with van der Waals surface area (Å²) in [5.41, 5.74) is 0. The van der Waals surface area contributed by atoms with Crippen LogP contribution < -0.4 is 0 Å². The van der Waals surface area contributed by atoms with Crippen molar-refractivity contribution in [3.8, 4) is 0 Å². The van der Waals surface area contributed by atoms with E-state index in [0.29, 0.717) is 25.0 Å². The third-order valence-electron chi connectivity index (χ3n) is 19.1. The van der Waals surface area contributed by atoms with Gasteiger partial charge in [-0.15, -0.1) is 0 Å². The van der Waals surface area contributed by atoms with Crippen LogP contribution in [0.4, 0.5) is 0 Å². The van der Waals surface area contributed by atoms with E-state index < -0.39 is 18.0 Å². The molecule has 1 saturated heterocycles. The van der Waals surface area contributed by atoms with Crippen LogP contribution in [-0.4, -0.2) is 34.5 Å². The predicted octanol–water partition coefficient (Wildman–Crippen LogP) is 26.2. The van der Waals surface area contributed by atoms with Gasteiger partial charge in [0.05, 0.1) is 24.2 Å². The Labute approximate surface area is 498 Å². The third-order valence-corrected chi connectivity index (χ3v) is 19.1. The Morgan fingerprint density at radius 3 is 0.747 bits per heavy atom. The molecule has 0 aromatic heterocycles. The monoisotopic (exact) mass is 1110 g/mol. The molecule has 0 aromatic rings. The molecule has 0 spiro atoms. The zero-order valence-electron chi connectivity index (χ0n) is 54.8. The Morgan fingerprint density at radius 1 is 0.304 bits per heavy atom. The first-order valence-corrected chi connectivity index (χ1v) is 37.6. The van der Waals surface area contributed by atoms with Crippen LogP contribution in [0.3, 0.4) is 0 Å². The number of hydrogen-bond donors (Lipinski definition) is 2. The van der Waals surface area contributed by atoms with Gasteiger partial charge in [-0.2, -0.15) is 0 Å². The highest BCUT2D eigenvalue weighted by Gasteiger charge is 2.41. The fourth-order valence-corrected chi connectivity index (χ4v) is 13.3. The van der Waals surface area contributed by atoms with Gasteiger partial charge < -0.3 is 14.9 Å². The third kappa shape index (κ3) is 56.3. The highest BCUT2D eigenvalue weighted by molar-refractivity contribution is 5.70. The second-order valence-corrected chi connectivity index (χ2v) is 27.0. The van der Waals surface area contributed by atoms with Crippen molar-refractivity contribution in [3.05, 3.63) is 0 Å². The summed E-state index contributed by atoms with van der Waals surface area (Å²) in [7, 11) is 0. The molecule has 1 rings (SSSR count). The van der Waals surface area contributed by atoms with Crippen LogP contribution >= 0.6 is 0 Å². The molecule has 1 aliphatic rings. The average molecular weight is 1110 g/mol. The molecule has 0 bridgehead atoms. The maximum Gasteiger partial charge on any atom is 0.309 e. The van der Waals surface area contributed by atoms with E-state index in [1.165, 1.54) is 385 Å². The van der Waals surface area contributed by atoms with Gasteiger partial charge in [-0.25, -0.2) is 0 Å². The van der Waals surface area contributed by atoms with Crippen molar-refractivity contribution in [1.29, 1.82) is 0 Å². The lowest BCUT2D eigenvalue weighted by atomic mass is 9.91. The maximum atomic E-state index is 11.9. The fraction of sp³-hybridized carbons (Fsp3) is 0.987. The number of ether oxygens (including phenoxy) is 1. The molecular weight excluding hydrogens is 965 g/mol. The van der Waals surface area contributed by atoms with Gasteiger partial charge in [0.15, 0.2) is 0 Å². The molecule has 5 unspecified atom stereocenters. The standard InChI is InChI=1S/C75H148O4/c1-4-6-8-10-12-14-16-18-20-22-23-32-35-39-43-47-51-55-59-63-67-71(75(77)78)72(76)68-64-60-56-52-48-44-40-36-33-30-28-26-24-25-27-29-31-34-37-41-45-49-53-57-61-65-69-73-74(79-73)70(3)66-62-58-54-50-46-42-38-21-19-17-15-13-11-9-7-5-2/h70-74,76H,4-69H2,1-3H3,(H,77,78). The van der Waals surface area contributed by atoms with Crippen LogP contribution in [0.15, 0.2) is 0 Å². The first kappa shape index (κ1) is 76.4. The Morgan fingerprint density at radius 2 is 0.506 bits per heavy atom. The van der Waals surface area contributed by atoms with Crippen LogP contribution in [0.25, 0.3) is 0 Å². The maximum absolute atomic E-state index is 11.9. The molecule has 0 amide bonds. The molecule has 472 valence electrons. The molecule has 1 aliphatic heterocycles. The smallest absolute Gasteiger partial charge is 0.309 e.